The predicted molar refractivity (Wildman–Crippen MR) is 83.7 cm³/mol. The number of nitrogens with zero attached hydrogens (tertiary/aromatic N) is 3. The van der Waals surface area contributed by atoms with E-state index in [1.54, 1.807) is 12.1 Å². The van der Waals surface area contributed by atoms with Crippen LogP contribution in [0.4, 0.5) is 0 Å². The molecule has 0 saturated carbocycles. The zero-order valence-electron chi connectivity index (χ0n) is 10.2. The second-order valence-corrected chi connectivity index (χ2v) is 5.48. The molecule has 1 N–H and O–H groups in total. The van der Waals surface area contributed by atoms with Crippen LogP contribution in [0.15, 0.2) is 36.4 Å². The summed E-state index contributed by atoms with van der Waals surface area (Å²) < 4.78 is 1.15. The molecule has 1 heterocycles. The van der Waals surface area contributed by atoms with Crippen LogP contribution < -0.4 is 0 Å². The third kappa shape index (κ3) is 2.13. The van der Waals surface area contributed by atoms with Gasteiger partial charge in [0.05, 0.1) is 22.2 Å². The van der Waals surface area contributed by atoms with Gasteiger partial charge in [0.15, 0.2) is 0 Å². The van der Waals surface area contributed by atoms with E-state index >= 15 is 0 Å². The molecule has 3 aromatic rings. The Bertz CT molecular complexity index is 828. The van der Waals surface area contributed by atoms with Crippen molar-refractivity contribution in [1.82, 2.24) is 9.97 Å². The van der Waals surface area contributed by atoms with Crippen LogP contribution in [0, 0.1) is 26.2 Å². The Morgan fingerprint density at radius 1 is 1.00 bits per heavy atom. The van der Waals surface area contributed by atoms with Crippen LogP contribution in [0.2, 0.25) is 0 Å². The van der Waals surface area contributed by atoms with Gasteiger partial charge in [-0.3, -0.25) is 0 Å². The van der Waals surface area contributed by atoms with Crippen LogP contribution in [0.1, 0.15) is 11.1 Å². The third-order valence-corrected chi connectivity index (χ3v) is 3.70. The van der Waals surface area contributed by atoms with Crippen molar-refractivity contribution in [3.8, 4) is 23.5 Å². The minimum absolute atomic E-state index is 0.348. The average molecular weight is 370 g/mol. The van der Waals surface area contributed by atoms with Gasteiger partial charge < -0.3 is 4.98 Å². The highest BCUT2D eigenvalue weighted by Gasteiger charge is 2.09. The monoisotopic (exact) mass is 370 g/mol. The zero-order valence-corrected chi connectivity index (χ0v) is 12.3. The number of rotatable bonds is 1. The van der Waals surface area contributed by atoms with Gasteiger partial charge in [0.2, 0.25) is 0 Å². The Hall–Kier alpha value is -2.38. The summed E-state index contributed by atoms with van der Waals surface area (Å²) in [5.41, 5.74) is 3.13. The molecule has 0 saturated heterocycles. The van der Waals surface area contributed by atoms with Crippen molar-refractivity contribution in [3.63, 3.8) is 0 Å². The number of H-pyrrole nitrogens is 1. The maximum absolute atomic E-state index is 9.03. The number of halogens is 1. The van der Waals surface area contributed by atoms with Gasteiger partial charge in [0.1, 0.15) is 18.0 Å². The first-order valence-corrected chi connectivity index (χ1v) is 6.89. The van der Waals surface area contributed by atoms with Gasteiger partial charge in [-0.1, -0.05) is 12.1 Å². The number of imidazole rings is 1. The molecule has 0 aliphatic rings. The fourth-order valence-electron chi connectivity index (χ4n) is 1.99. The first-order valence-electron chi connectivity index (χ1n) is 5.81. The number of nitriles is 2. The maximum Gasteiger partial charge on any atom is 0.138 e. The van der Waals surface area contributed by atoms with E-state index in [-0.39, 0.29) is 0 Å². The van der Waals surface area contributed by atoms with E-state index in [0.717, 1.165) is 20.5 Å². The highest BCUT2D eigenvalue weighted by atomic mass is 127. The third-order valence-electron chi connectivity index (χ3n) is 2.98. The van der Waals surface area contributed by atoms with E-state index in [0.29, 0.717) is 16.6 Å². The molecule has 1 aromatic heterocycles. The van der Waals surface area contributed by atoms with Crippen LogP contribution in [-0.2, 0) is 0 Å². The summed E-state index contributed by atoms with van der Waals surface area (Å²) in [6.07, 6.45) is 0. The molecule has 3 rings (SSSR count). The summed E-state index contributed by atoms with van der Waals surface area (Å²) in [5, 5.41) is 18.1. The van der Waals surface area contributed by atoms with Crippen LogP contribution in [0.25, 0.3) is 22.4 Å². The van der Waals surface area contributed by atoms with E-state index in [4.69, 9.17) is 10.5 Å². The van der Waals surface area contributed by atoms with Gasteiger partial charge in [0, 0.05) is 9.13 Å². The van der Waals surface area contributed by atoms with Gasteiger partial charge in [-0.05, 0) is 46.9 Å². The molecule has 0 amide bonds. The molecule has 20 heavy (non-hydrogen) atoms. The van der Waals surface area contributed by atoms with Gasteiger partial charge in [-0.15, -0.1) is 0 Å². The Labute approximate surface area is 128 Å². The lowest BCUT2D eigenvalue weighted by Crippen LogP contribution is -1.83. The molecule has 0 bridgehead atoms. The molecule has 0 spiro atoms. The SMILES string of the molecule is N#Cc1cc2nc(-c3ccc(I)cc3)[nH]c2cc1C#N. The molecule has 0 fully saturated rings. The molecule has 94 valence electrons. The van der Waals surface area contributed by atoms with Crippen molar-refractivity contribution < 1.29 is 0 Å². The van der Waals surface area contributed by atoms with Crippen LogP contribution in [0.3, 0.4) is 0 Å². The molecule has 0 aliphatic carbocycles. The van der Waals surface area contributed by atoms with Crippen LogP contribution >= 0.6 is 22.6 Å². The molecule has 0 aliphatic heterocycles. The van der Waals surface area contributed by atoms with Crippen molar-refractivity contribution >= 4 is 33.6 Å². The molecule has 4 nitrogen and oxygen atoms in total. The van der Waals surface area contributed by atoms with E-state index in [9.17, 15) is 0 Å². The molecule has 2 aromatic carbocycles. The number of fused-ring (bicyclic) bond motifs is 1. The number of nitrogens with one attached hydrogen (secondary N) is 1. The summed E-state index contributed by atoms with van der Waals surface area (Å²) in [6, 6.07) is 15.3. The second kappa shape index (κ2) is 4.95. The standard InChI is InChI=1S/C15H7IN4/c16-12-3-1-9(2-4-12)15-19-13-5-10(7-17)11(8-18)6-14(13)20-15/h1-6H,(H,19,20). The number of aromatic amines is 1. The van der Waals surface area contributed by atoms with Crippen molar-refractivity contribution in [3.05, 3.63) is 51.1 Å². The maximum atomic E-state index is 9.03. The van der Waals surface area contributed by atoms with E-state index in [2.05, 4.69) is 32.6 Å². The highest BCUT2D eigenvalue weighted by Crippen LogP contribution is 2.23. The largest absolute Gasteiger partial charge is 0.338 e. The minimum Gasteiger partial charge on any atom is -0.338 e. The lowest BCUT2D eigenvalue weighted by molar-refractivity contribution is 1.33. The van der Waals surface area contributed by atoms with Gasteiger partial charge in [-0.2, -0.15) is 10.5 Å². The van der Waals surface area contributed by atoms with E-state index < -0.39 is 0 Å². The minimum atomic E-state index is 0.348. The molecular formula is C15H7IN4. The number of hydrogen-bond acceptors (Lipinski definition) is 3. The first-order chi connectivity index (χ1) is 9.71. The molecule has 0 atom stereocenters. The summed E-state index contributed by atoms with van der Waals surface area (Å²) in [5.74, 6) is 0.732. The Balaban J connectivity index is 2.19. The van der Waals surface area contributed by atoms with Crippen molar-refractivity contribution in [1.29, 1.82) is 10.5 Å². The fourth-order valence-corrected chi connectivity index (χ4v) is 2.35. The summed E-state index contributed by atoms with van der Waals surface area (Å²) >= 11 is 2.25. The van der Waals surface area contributed by atoms with Gasteiger partial charge in [-0.25, -0.2) is 4.98 Å². The van der Waals surface area contributed by atoms with Crippen molar-refractivity contribution in [2.24, 2.45) is 0 Å². The van der Waals surface area contributed by atoms with Crippen LogP contribution in [-0.4, -0.2) is 9.97 Å². The zero-order chi connectivity index (χ0) is 14.1. The van der Waals surface area contributed by atoms with E-state index in [1.807, 2.05) is 36.4 Å². The van der Waals surface area contributed by atoms with Crippen LogP contribution in [0.5, 0.6) is 0 Å². The molecule has 0 unspecified atom stereocenters. The topological polar surface area (TPSA) is 76.3 Å². The molecule has 5 heteroatoms. The van der Waals surface area contributed by atoms with E-state index in [1.165, 1.54) is 0 Å². The smallest absolute Gasteiger partial charge is 0.138 e. The summed E-state index contributed by atoms with van der Waals surface area (Å²) in [6.45, 7) is 0. The summed E-state index contributed by atoms with van der Waals surface area (Å²) in [7, 11) is 0. The van der Waals surface area contributed by atoms with Crippen molar-refractivity contribution in [2.45, 2.75) is 0 Å². The van der Waals surface area contributed by atoms with Crippen molar-refractivity contribution in [2.75, 3.05) is 0 Å². The summed E-state index contributed by atoms with van der Waals surface area (Å²) in [4.78, 5) is 7.66. The second-order valence-electron chi connectivity index (χ2n) is 4.23. The number of hydrogen-bond donors (Lipinski definition) is 1. The Morgan fingerprint density at radius 3 is 2.30 bits per heavy atom. The Kier molecular flexibility index (Phi) is 3.13. The average Bonchev–Trinajstić information content (AvgIpc) is 2.89. The highest BCUT2D eigenvalue weighted by molar-refractivity contribution is 14.1. The lowest BCUT2D eigenvalue weighted by atomic mass is 10.1. The lowest BCUT2D eigenvalue weighted by Gasteiger charge is -1.95. The van der Waals surface area contributed by atoms with Gasteiger partial charge in [0.25, 0.3) is 0 Å². The number of aromatic nitrogens is 2. The Morgan fingerprint density at radius 2 is 1.65 bits per heavy atom. The molecule has 0 radical (unpaired) electrons. The fraction of sp³-hybridized carbons (Fsp3) is 0. The first kappa shape index (κ1) is 12.6. The molecular weight excluding hydrogens is 363 g/mol. The predicted octanol–water partition coefficient (Wildman–Crippen LogP) is 3.58. The normalized spacial score (nSPS) is 10.2. The number of benzene rings is 2. The van der Waals surface area contributed by atoms with Gasteiger partial charge >= 0.3 is 0 Å². The quantitative estimate of drug-likeness (QED) is 0.666.